The van der Waals surface area contributed by atoms with Gasteiger partial charge >= 0.3 is 0 Å². The maximum Gasteiger partial charge on any atom is 0.153 e. The zero-order valence-corrected chi connectivity index (χ0v) is 5.19. The average Bonchev–Trinajstić information content (AvgIpc) is 1.66. The lowest BCUT2D eigenvalue weighted by atomic mass is 10.7. The van der Waals surface area contributed by atoms with Crippen molar-refractivity contribution >= 4 is 10.7 Å². The molecule has 49 valence electrons. The number of hydrogen-bond donors (Lipinski definition) is 2. The summed E-state index contributed by atoms with van der Waals surface area (Å²) in [7, 11) is -2.36. The molecule has 0 unspecified atom stereocenters. The van der Waals surface area contributed by atoms with Crippen LogP contribution in [-0.4, -0.2) is 27.4 Å². The zero-order chi connectivity index (χ0) is 6.41. The smallest absolute Gasteiger partial charge is 0.153 e. The van der Waals surface area contributed by atoms with Crippen molar-refractivity contribution in [2.45, 2.75) is 0 Å². The van der Waals surface area contributed by atoms with Crippen LogP contribution in [0.15, 0.2) is 0 Å². The molecular formula is C3H8NO3S. The van der Waals surface area contributed by atoms with Crippen molar-refractivity contribution in [2.24, 2.45) is 0 Å². The third kappa shape index (κ3) is 5.87. The Morgan fingerprint density at radius 3 is 2.38 bits per heavy atom. The van der Waals surface area contributed by atoms with Gasteiger partial charge in [-0.1, -0.05) is 0 Å². The minimum absolute atomic E-state index is 0.0857. The predicted octanol–water partition coefficient (Wildman–Crippen LogP) is -1.42. The maximum atomic E-state index is 9.75. The van der Waals surface area contributed by atoms with Crippen LogP contribution in [0.1, 0.15) is 0 Å². The Morgan fingerprint density at radius 2 is 2.00 bits per heavy atom. The van der Waals surface area contributed by atoms with E-state index in [1.54, 1.807) is 0 Å². The lowest BCUT2D eigenvalue weighted by Crippen LogP contribution is -2.19. The average molecular weight is 138 g/mol. The highest BCUT2D eigenvalue weighted by molar-refractivity contribution is 7.72. The van der Waals surface area contributed by atoms with Crippen LogP contribution in [0, 0.1) is 0 Å². The first-order valence-electron chi connectivity index (χ1n) is 2.18. The molecule has 0 aliphatic rings. The highest BCUT2D eigenvalue weighted by Crippen LogP contribution is 1.58. The van der Waals surface area contributed by atoms with E-state index in [0.29, 0.717) is 0 Å². The summed E-state index contributed by atoms with van der Waals surface area (Å²) in [5, 5.41) is 12.1. The van der Waals surface area contributed by atoms with E-state index in [1.807, 2.05) is 0 Å². The molecule has 0 rings (SSSR count). The lowest BCUT2D eigenvalue weighted by Gasteiger charge is -1.90. The van der Waals surface area contributed by atoms with Crippen molar-refractivity contribution in [3.63, 3.8) is 0 Å². The Balaban J connectivity index is 2.94. The molecule has 0 aromatic carbocycles. The molecule has 0 aliphatic carbocycles. The van der Waals surface area contributed by atoms with Crippen LogP contribution in [0.2, 0.25) is 0 Å². The van der Waals surface area contributed by atoms with Gasteiger partial charge < -0.3 is 5.32 Å². The van der Waals surface area contributed by atoms with Crippen molar-refractivity contribution < 1.29 is 13.5 Å². The van der Waals surface area contributed by atoms with Gasteiger partial charge in [-0.2, -0.15) is 0 Å². The Morgan fingerprint density at radius 1 is 1.38 bits per heavy atom. The van der Waals surface area contributed by atoms with E-state index >= 15 is 0 Å². The van der Waals surface area contributed by atoms with Gasteiger partial charge in [-0.05, 0) is 0 Å². The summed E-state index contributed by atoms with van der Waals surface area (Å²) in [6.45, 7) is -0.0491. The zero-order valence-electron chi connectivity index (χ0n) is 4.29. The maximum absolute atomic E-state index is 9.75. The van der Waals surface area contributed by atoms with E-state index in [1.165, 1.54) is 0 Å². The number of hydrogen-bond acceptors (Lipinski definition) is 3. The lowest BCUT2D eigenvalue weighted by molar-refractivity contribution is 0.196. The molecule has 0 saturated heterocycles. The SMILES string of the molecule is [O]CCNC[SH](=O)=O. The standard InChI is InChI=1S/C3H8NO3S/c5-2-1-4-3-8(6)7/h4,8H,1-3H2. The normalized spacial score (nSPS) is 10.2. The van der Waals surface area contributed by atoms with Crippen LogP contribution in [-0.2, 0) is 15.8 Å². The third-order valence-electron chi connectivity index (χ3n) is 0.520. The van der Waals surface area contributed by atoms with Crippen LogP contribution in [0.4, 0.5) is 0 Å². The molecule has 4 nitrogen and oxygen atoms in total. The molecule has 0 saturated carbocycles. The first-order chi connectivity index (χ1) is 3.77. The topological polar surface area (TPSA) is 66.1 Å². The largest absolute Gasteiger partial charge is 0.301 e. The molecule has 0 aromatic heterocycles. The predicted molar refractivity (Wildman–Crippen MR) is 28.7 cm³/mol. The van der Waals surface area contributed by atoms with E-state index in [-0.39, 0.29) is 19.0 Å². The summed E-state index contributed by atoms with van der Waals surface area (Å²) < 4.78 is 19.5. The monoisotopic (exact) mass is 138 g/mol. The summed E-state index contributed by atoms with van der Waals surface area (Å²) in [6.07, 6.45) is 0. The summed E-state index contributed by atoms with van der Waals surface area (Å²) in [4.78, 5) is 0. The summed E-state index contributed by atoms with van der Waals surface area (Å²) in [5.74, 6) is -0.0857. The number of thiol groups is 1. The number of rotatable bonds is 4. The molecule has 0 amide bonds. The van der Waals surface area contributed by atoms with Gasteiger partial charge in [-0.3, -0.25) is 0 Å². The van der Waals surface area contributed by atoms with Gasteiger partial charge in [0.05, 0.1) is 12.5 Å². The van der Waals surface area contributed by atoms with Gasteiger partial charge in [0, 0.05) is 6.54 Å². The molecule has 0 fully saturated rings. The van der Waals surface area contributed by atoms with E-state index in [2.05, 4.69) is 5.32 Å². The van der Waals surface area contributed by atoms with Crippen molar-refractivity contribution in [3.05, 3.63) is 0 Å². The molecule has 0 heterocycles. The van der Waals surface area contributed by atoms with E-state index in [0.717, 1.165) is 0 Å². The first-order valence-corrected chi connectivity index (χ1v) is 3.54. The fourth-order valence-electron chi connectivity index (χ4n) is 0.243. The number of nitrogens with one attached hydrogen (secondary N) is 1. The third-order valence-corrected chi connectivity index (χ3v) is 1.00. The van der Waals surface area contributed by atoms with Gasteiger partial charge in [0.15, 0.2) is 10.7 Å². The van der Waals surface area contributed by atoms with Gasteiger partial charge in [0.25, 0.3) is 0 Å². The Labute approximate surface area is 49.5 Å². The van der Waals surface area contributed by atoms with Crippen molar-refractivity contribution in [1.29, 1.82) is 0 Å². The summed E-state index contributed by atoms with van der Waals surface area (Å²) in [5.41, 5.74) is 0. The van der Waals surface area contributed by atoms with Crippen LogP contribution in [0.25, 0.3) is 0 Å². The van der Waals surface area contributed by atoms with Crippen LogP contribution < -0.4 is 5.32 Å². The van der Waals surface area contributed by atoms with Crippen molar-refractivity contribution in [1.82, 2.24) is 5.32 Å². The quantitative estimate of drug-likeness (QED) is 0.370. The first kappa shape index (κ1) is 7.87. The van der Waals surface area contributed by atoms with Gasteiger partial charge in [0.2, 0.25) is 0 Å². The molecule has 8 heavy (non-hydrogen) atoms. The van der Waals surface area contributed by atoms with E-state index in [4.69, 9.17) is 0 Å². The van der Waals surface area contributed by atoms with Crippen molar-refractivity contribution in [2.75, 3.05) is 19.0 Å². The minimum Gasteiger partial charge on any atom is -0.301 e. The summed E-state index contributed by atoms with van der Waals surface area (Å²) in [6, 6.07) is 0. The van der Waals surface area contributed by atoms with Gasteiger partial charge in [0.1, 0.15) is 0 Å². The van der Waals surface area contributed by atoms with Crippen LogP contribution in [0.5, 0.6) is 0 Å². The highest BCUT2D eigenvalue weighted by Gasteiger charge is 1.83. The summed E-state index contributed by atoms with van der Waals surface area (Å²) >= 11 is 0. The molecule has 0 aromatic rings. The molecular weight excluding hydrogens is 130 g/mol. The molecule has 0 atom stereocenters. The fraction of sp³-hybridized carbons (Fsp3) is 1.00. The molecule has 1 N–H and O–H groups in total. The minimum atomic E-state index is -2.36. The second kappa shape index (κ2) is 5.02. The van der Waals surface area contributed by atoms with Gasteiger partial charge in [-0.25, -0.2) is 13.5 Å². The second-order valence-electron chi connectivity index (χ2n) is 1.19. The second-order valence-corrected chi connectivity index (χ2v) is 2.18. The van der Waals surface area contributed by atoms with E-state index in [9.17, 15) is 13.5 Å². The Kier molecular flexibility index (Phi) is 4.93. The highest BCUT2D eigenvalue weighted by atomic mass is 32.2. The van der Waals surface area contributed by atoms with Gasteiger partial charge in [-0.15, -0.1) is 0 Å². The van der Waals surface area contributed by atoms with Crippen molar-refractivity contribution in [3.8, 4) is 0 Å². The molecule has 0 bridgehead atoms. The Hall–Kier alpha value is -0.130. The van der Waals surface area contributed by atoms with E-state index < -0.39 is 10.7 Å². The molecule has 0 aliphatic heterocycles. The van der Waals surface area contributed by atoms with Crippen LogP contribution in [0.3, 0.4) is 0 Å². The molecule has 5 heteroatoms. The Bertz CT molecular complexity index is 103. The molecule has 1 radical (unpaired) electrons. The van der Waals surface area contributed by atoms with Crippen LogP contribution >= 0.6 is 0 Å². The fourth-order valence-corrected chi connectivity index (χ4v) is 0.583. The molecule has 0 spiro atoms.